The van der Waals surface area contributed by atoms with Crippen LogP contribution in [-0.4, -0.2) is 42.9 Å². The molecule has 0 atom stereocenters. The van der Waals surface area contributed by atoms with Gasteiger partial charge in [-0.15, -0.1) is 0 Å². The minimum absolute atomic E-state index is 0.127. The van der Waals surface area contributed by atoms with E-state index in [-0.39, 0.29) is 11.7 Å². The van der Waals surface area contributed by atoms with Gasteiger partial charge in [0.25, 0.3) is 11.8 Å². The van der Waals surface area contributed by atoms with Gasteiger partial charge in [-0.05, 0) is 42.5 Å². The molecule has 3 aromatic rings. The monoisotopic (exact) mass is 443 g/mol. The molecular formula is C23H20F3N3O3. The first-order chi connectivity index (χ1) is 15.3. The highest BCUT2D eigenvalue weighted by Gasteiger charge is 2.31. The van der Waals surface area contributed by atoms with Gasteiger partial charge in [0.05, 0.1) is 23.1 Å². The Balaban J connectivity index is 1.44. The lowest BCUT2D eigenvalue weighted by molar-refractivity contribution is -0.137. The van der Waals surface area contributed by atoms with E-state index >= 15 is 0 Å². The van der Waals surface area contributed by atoms with Crippen LogP contribution in [0.5, 0.6) is 0 Å². The standard InChI is InChI=1S/C23H20F3N3O3/c24-23(25,26)16-5-3-6-17(15-16)28-10-12-29(13-11-28)22(31)18-7-1-2-8-19(18)27-21(30)20-9-4-14-32-20/h1-9,14-15H,10-13H2,(H,27,30). The number of hydrogen-bond donors (Lipinski definition) is 1. The summed E-state index contributed by atoms with van der Waals surface area (Å²) in [6, 6.07) is 15.0. The van der Waals surface area contributed by atoms with Gasteiger partial charge in [0.15, 0.2) is 5.76 Å². The number of benzene rings is 2. The molecule has 1 aromatic heterocycles. The molecule has 0 spiro atoms. The van der Waals surface area contributed by atoms with Crippen LogP contribution in [0.2, 0.25) is 0 Å². The number of hydrogen-bond acceptors (Lipinski definition) is 4. The van der Waals surface area contributed by atoms with Gasteiger partial charge in [-0.3, -0.25) is 9.59 Å². The molecule has 1 aliphatic rings. The van der Waals surface area contributed by atoms with Gasteiger partial charge in [-0.1, -0.05) is 18.2 Å². The van der Waals surface area contributed by atoms with E-state index < -0.39 is 17.6 Å². The van der Waals surface area contributed by atoms with Crippen LogP contribution in [0.15, 0.2) is 71.3 Å². The third kappa shape index (κ3) is 4.61. The molecular weight excluding hydrogens is 423 g/mol. The minimum Gasteiger partial charge on any atom is -0.459 e. The Morgan fingerprint density at radius 3 is 2.34 bits per heavy atom. The summed E-state index contributed by atoms with van der Waals surface area (Å²) < 4.78 is 44.1. The average molecular weight is 443 g/mol. The van der Waals surface area contributed by atoms with Crippen molar-refractivity contribution in [2.24, 2.45) is 0 Å². The Morgan fingerprint density at radius 1 is 0.906 bits per heavy atom. The number of amides is 2. The number of carbonyl (C=O) groups is 2. The van der Waals surface area contributed by atoms with Gasteiger partial charge in [0, 0.05) is 31.9 Å². The predicted octanol–water partition coefficient (Wildman–Crippen LogP) is 4.51. The zero-order chi connectivity index (χ0) is 22.7. The van der Waals surface area contributed by atoms with Gasteiger partial charge < -0.3 is 19.5 Å². The summed E-state index contributed by atoms with van der Waals surface area (Å²) in [4.78, 5) is 28.9. The Labute approximate surface area is 182 Å². The summed E-state index contributed by atoms with van der Waals surface area (Å²) in [5.41, 5.74) is 0.465. The number of furan rings is 1. The highest BCUT2D eigenvalue weighted by Crippen LogP contribution is 2.32. The maximum Gasteiger partial charge on any atom is 0.416 e. The van der Waals surface area contributed by atoms with Gasteiger partial charge in [0.1, 0.15) is 0 Å². The number of anilines is 2. The smallest absolute Gasteiger partial charge is 0.416 e. The van der Waals surface area contributed by atoms with Crippen molar-refractivity contribution in [1.82, 2.24) is 4.90 Å². The quantitative estimate of drug-likeness (QED) is 0.644. The first kappa shape index (κ1) is 21.5. The number of nitrogens with zero attached hydrogens (tertiary/aromatic N) is 2. The van der Waals surface area contributed by atoms with Gasteiger partial charge in [-0.25, -0.2) is 0 Å². The number of carbonyl (C=O) groups excluding carboxylic acids is 2. The molecule has 2 aromatic carbocycles. The van der Waals surface area contributed by atoms with E-state index in [0.29, 0.717) is 43.1 Å². The first-order valence-corrected chi connectivity index (χ1v) is 9.98. The predicted molar refractivity (Wildman–Crippen MR) is 113 cm³/mol. The molecule has 2 amide bonds. The molecule has 6 nitrogen and oxygen atoms in total. The van der Waals surface area contributed by atoms with Crippen molar-refractivity contribution < 1.29 is 27.2 Å². The van der Waals surface area contributed by atoms with Crippen molar-refractivity contribution in [2.45, 2.75) is 6.18 Å². The van der Waals surface area contributed by atoms with E-state index in [2.05, 4.69) is 5.32 Å². The Bertz CT molecular complexity index is 1100. The second-order valence-electron chi connectivity index (χ2n) is 7.30. The lowest BCUT2D eigenvalue weighted by atomic mass is 10.1. The van der Waals surface area contributed by atoms with Crippen molar-refractivity contribution in [1.29, 1.82) is 0 Å². The number of halogens is 3. The molecule has 32 heavy (non-hydrogen) atoms. The molecule has 0 aliphatic carbocycles. The van der Waals surface area contributed by atoms with Crippen LogP contribution in [0.25, 0.3) is 0 Å². The zero-order valence-corrected chi connectivity index (χ0v) is 16.9. The van der Waals surface area contributed by atoms with Crippen LogP contribution < -0.4 is 10.2 Å². The SMILES string of the molecule is O=C(Nc1ccccc1C(=O)N1CCN(c2cccc(C(F)(F)F)c2)CC1)c1ccco1. The number of nitrogens with one attached hydrogen (secondary N) is 1. The van der Waals surface area contributed by atoms with Crippen molar-refractivity contribution in [2.75, 3.05) is 36.4 Å². The third-order valence-electron chi connectivity index (χ3n) is 5.26. The second kappa shape index (κ2) is 8.78. The van der Waals surface area contributed by atoms with Crippen LogP contribution >= 0.6 is 0 Å². The summed E-state index contributed by atoms with van der Waals surface area (Å²) in [6.07, 6.45) is -3.02. The minimum atomic E-state index is -4.41. The van der Waals surface area contributed by atoms with E-state index in [0.717, 1.165) is 12.1 Å². The molecule has 9 heteroatoms. The van der Waals surface area contributed by atoms with Crippen LogP contribution in [0, 0.1) is 0 Å². The lowest BCUT2D eigenvalue weighted by Gasteiger charge is -2.36. The molecule has 0 unspecified atom stereocenters. The Kier molecular flexibility index (Phi) is 5.89. The van der Waals surface area contributed by atoms with Crippen LogP contribution in [0.3, 0.4) is 0 Å². The highest BCUT2D eigenvalue weighted by atomic mass is 19.4. The van der Waals surface area contributed by atoms with Crippen molar-refractivity contribution >= 4 is 23.2 Å². The van der Waals surface area contributed by atoms with E-state index in [9.17, 15) is 22.8 Å². The van der Waals surface area contributed by atoms with Crippen LogP contribution in [0.4, 0.5) is 24.5 Å². The summed E-state index contributed by atoms with van der Waals surface area (Å²) in [7, 11) is 0. The van der Waals surface area contributed by atoms with Gasteiger partial charge in [0.2, 0.25) is 0 Å². The molecule has 1 aliphatic heterocycles. The van der Waals surface area contributed by atoms with Gasteiger partial charge in [-0.2, -0.15) is 13.2 Å². The number of alkyl halides is 3. The molecule has 1 N–H and O–H groups in total. The van der Waals surface area contributed by atoms with Crippen molar-refractivity contribution in [3.8, 4) is 0 Å². The van der Waals surface area contributed by atoms with E-state index in [1.165, 1.54) is 18.4 Å². The number of piperazine rings is 1. The largest absolute Gasteiger partial charge is 0.459 e. The third-order valence-corrected chi connectivity index (χ3v) is 5.26. The fraction of sp³-hybridized carbons (Fsp3) is 0.217. The Hall–Kier alpha value is -3.75. The summed E-state index contributed by atoms with van der Waals surface area (Å²) >= 11 is 0. The summed E-state index contributed by atoms with van der Waals surface area (Å²) in [6.45, 7) is 1.48. The number of rotatable bonds is 4. The normalized spacial score (nSPS) is 14.3. The maximum atomic E-state index is 13.1. The molecule has 1 fully saturated rings. The molecule has 2 heterocycles. The molecule has 0 radical (unpaired) electrons. The fourth-order valence-corrected chi connectivity index (χ4v) is 3.59. The first-order valence-electron chi connectivity index (χ1n) is 9.98. The topological polar surface area (TPSA) is 65.8 Å². The number of para-hydroxylation sites is 1. The summed E-state index contributed by atoms with van der Waals surface area (Å²) in [5.74, 6) is -0.601. The maximum absolute atomic E-state index is 13.1. The van der Waals surface area contributed by atoms with E-state index in [1.54, 1.807) is 41.3 Å². The van der Waals surface area contributed by atoms with E-state index in [4.69, 9.17) is 4.42 Å². The van der Waals surface area contributed by atoms with Gasteiger partial charge >= 0.3 is 6.18 Å². The average Bonchev–Trinajstić information content (AvgIpc) is 3.34. The van der Waals surface area contributed by atoms with E-state index in [1.807, 2.05) is 4.90 Å². The highest BCUT2D eigenvalue weighted by molar-refractivity contribution is 6.07. The lowest BCUT2D eigenvalue weighted by Crippen LogP contribution is -2.49. The Morgan fingerprint density at radius 2 is 1.66 bits per heavy atom. The molecule has 1 saturated heterocycles. The zero-order valence-electron chi connectivity index (χ0n) is 16.9. The molecule has 166 valence electrons. The van der Waals surface area contributed by atoms with Crippen LogP contribution in [0.1, 0.15) is 26.5 Å². The second-order valence-corrected chi connectivity index (χ2v) is 7.30. The van der Waals surface area contributed by atoms with Crippen molar-refractivity contribution in [3.63, 3.8) is 0 Å². The molecule has 0 bridgehead atoms. The fourth-order valence-electron chi connectivity index (χ4n) is 3.59. The van der Waals surface area contributed by atoms with Crippen molar-refractivity contribution in [3.05, 3.63) is 83.8 Å². The summed E-state index contributed by atoms with van der Waals surface area (Å²) in [5, 5.41) is 2.69. The molecule has 4 rings (SSSR count). The van der Waals surface area contributed by atoms with Crippen LogP contribution in [-0.2, 0) is 6.18 Å². The molecule has 0 saturated carbocycles.